The molecule has 8 heteroatoms. The minimum Gasteiger partial charge on any atom is -0.490 e. The van der Waals surface area contributed by atoms with Crippen LogP contribution >= 0.6 is 0 Å². The molecule has 152 valence electrons. The van der Waals surface area contributed by atoms with Gasteiger partial charge in [0, 0.05) is 18.6 Å². The van der Waals surface area contributed by atoms with Crippen LogP contribution in [0.3, 0.4) is 0 Å². The molecular formula is C21H22FN3O4. The van der Waals surface area contributed by atoms with E-state index in [1.54, 1.807) is 24.4 Å². The van der Waals surface area contributed by atoms with Gasteiger partial charge in [0.2, 0.25) is 17.7 Å². The van der Waals surface area contributed by atoms with Crippen molar-refractivity contribution in [2.45, 2.75) is 38.4 Å². The van der Waals surface area contributed by atoms with Gasteiger partial charge in [-0.15, -0.1) is 0 Å². The van der Waals surface area contributed by atoms with E-state index in [0.29, 0.717) is 48.1 Å². The molecule has 3 aromatic rings. The highest BCUT2D eigenvalue weighted by Gasteiger charge is 2.44. The molecule has 0 saturated heterocycles. The van der Waals surface area contributed by atoms with E-state index in [1.165, 1.54) is 6.92 Å². The molecular weight excluding hydrogens is 377 g/mol. The third-order valence-electron chi connectivity index (χ3n) is 4.57. The van der Waals surface area contributed by atoms with Crippen molar-refractivity contribution in [1.29, 1.82) is 0 Å². The van der Waals surface area contributed by atoms with Crippen molar-refractivity contribution < 1.29 is 23.1 Å². The van der Waals surface area contributed by atoms with Crippen LogP contribution in [0.2, 0.25) is 0 Å². The molecule has 0 aliphatic heterocycles. The van der Waals surface area contributed by atoms with Gasteiger partial charge in [0.1, 0.15) is 30.1 Å². The Kier molecular flexibility index (Phi) is 5.08. The Bertz CT molecular complexity index is 1010. The predicted octanol–water partition coefficient (Wildman–Crippen LogP) is 3.67. The van der Waals surface area contributed by atoms with Crippen LogP contribution in [-0.4, -0.2) is 40.8 Å². The molecule has 0 radical (unpaired) electrons. The van der Waals surface area contributed by atoms with Crippen molar-refractivity contribution in [2.75, 3.05) is 13.2 Å². The fourth-order valence-electron chi connectivity index (χ4n) is 2.80. The van der Waals surface area contributed by atoms with E-state index in [0.717, 1.165) is 5.56 Å². The number of fused-ring (bicyclic) bond motifs is 1. The molecule has 1 aliphatic rings. The normalized spacial score (nSPS) is 15.7. The average Bonchev–Trinajstić information content (AvgIpc) is 3.28. The zero-order valence-electron chi connectivity index (χ0n) is 16.3. The lowest BCUT2D eigenvalue weighted by atomic mass is 10.2. The van der Waals surface area contributed by atoms with Gasteiger partial charge >= 0.3 is 0 Å². The Hall–Kier alpha value is -3.16. The highest BCUT2D eigenvalue weighted by atomic mass is 19.1. The van der Waals surface area contributed by atoms with E-state index in [9.17, 15) is 9.18 Å². The molecule has 0 bridgehead atoms. The van der Waals surface area contributed by atoms with E-state index in [-0.39, 0.29) is 18.6 Å². The number of carbonyl (C=O) groups is 1. The van der Waals surface area contributed by atoms with Crippen LogP contribution in [0.15, 0.2) is 40.9 Å². The summed E-state index contributed by atoms with van der Waals surface area (Å²) >= 11 is 0. The molecule has 0 spiro atoms. The van der Waals surface area contributed by atoms with Gasteiger partial charge in [-0.05, 0) is 44.0 Å². The standard InChI is InChI=1S/C21H22FN3O4/c1-13(24-14(2)26)11-27-19-9-18-17(10-23-19)25-20(29-18)15-3-5-16(6-4-15)28-12-21(22)7-8-21/h3-6,9-10,13H,7-8,11-12H2,1-2H3,(H,24,26)/t13-/m0/s1. The van der Waals surface area contributed by atoms with Crippen LogP contribution < -0.4 is 14.8 Å². The summed E-state index contributed by atoms with van der Waals surface area (Å²) in [7, 11) is 0. The van der Waals surface area contributed by atoms with Gasteiger partial charge in [0.05, 0.1) is 12.2 Å². The number of hydrogen-bond acceptors (Lipinski definition) is 6. The van der Waals surface area contributed by atoms with Crippen LogP contribution in [0.25, 0.3) is 22.6 Å². The van der Waals surface area contributed by atoms with Crippen molar-refractivity contribution in [3.8, 4) is 23.1 Å². The minimum atomic E-state index is -1.15. The molecule has 1 aliphatic carbocycles. The number of aromatic nitrogens is 2. The maximum Gasteiger partial charge on any atom is 0.227 e. The Labute approximate surface area is 167 Å². The zero-order valence-corrected chi connectivity index (χ0v) is 16.3. The fraction of sp³-hybridized carbons (Fsp3) is 0.381. The number of alkyl halides is 1. The lowest BCUT2D eigenvalue weighted by molar-refractivity contribution is -0.119. The first-order valence-electron chi connectivity index (χ1n) is 9.49. The van der Waals surface area contributed by atoms with Crippen molar-refractivity contribution in [3.63, 3.8) is 0 Å². The van der Waals surface area contributed by atoms with E-state index in [4.69, 9.17) is 13.9 Å². The van der Waals surface area contributed by atoms with Crippen LogP contribution in [0.1, 0.15) is 26.7 Å². The molecule has 1 saturated carbocycles. The average molecular weight is 399 g/mol. The Morgan fingerprint density at radius 1 is 1.31 bits per heavy atom. The van der Waals surface area contributed by atoms with Crippen molar-refractivity contribution in [3.05, 3.63) is 36.5 Å². The molecule has 0 unspecified atom stereocenters. The summed E-state index contributed by atoms with van der Waals surface area (Å²) in [6.07, 6.45) is 2.72. The smallest absolute Gasteiger partial charge is 0.227 e. The van der Waals surface area contributed by atoms with Crippen LogP contribution in [-0.2, 0) is 4.79 Å². The third-order valence-corrected chi connectivity index (χ3v) is 4.57. The van der Waals surface area contributed by atoms with Gasteiger partial charge < -0.3 is 19.2 Å². The third kappa shape index (κ3) is 4.82. The summed E-state index contributed by atoms with van der Waals surface area (Å²) in [5, 5.41) is 2.74. The number of ether oxygens (including phenoxy) is 2. The topological polar surface area (TPSA) is 86.5 Å². The first-order chi connectivity index (χ1) is 13.9. The van der Waals surface area contributed by atoms with E-state index >= 15 is 0 Å². The van der Waals surface area contributed by atoms with Gasteiger partial charge in [-0.3, -0.25) is 4.79 Å². The quantitative estimate of drug-likeness (QED) is 0.622. The SMILES string of the molecule is CC(=O)N[C@@H](C)COc1cc2oc(-c3ccc(OCC4(F)CC4)cc3)nc2cn1. The molecule has 2 heterocycles. The number of nitrogens with one attached hydrogen (secondary N) is 1. The molecule has 1 amide bonds. The van der Waals surface area contributed by atoms with E-state index < -0.39 is 5.67 Å². The number of nitrogens with zero attached hydrogens (tertiary/aromatic N) is 2. The molecule has 1 atom stereocenters. The number of hydrogen-bond donors (Lipinski definition) is 1. The number of amides is 1. The molecule has 1 N–H and O–H groups in total. The Balaban J connectivity index is 1.42. The van der Waals surface area contributed by atoms with Gasteiger partial charge in [-0.2, -0.15) is 0 Å². The molecule has 7 nitrogen and oxygen atoms in total. The summed E-state index contributed by atoms with van der Waals surface area (Å²) in [5.41, 5.74) is 0.782. The summed E-state index contributed by atoms with van der Waals surface area (Å²) in [6.45, 7) is 3.68. The molecule has 1 fully saturated rings. The van der Waals surface area contributed by atoms with Crippen LogP contribution in [0.5, 0.6) is 11.6 Å². The summed E-state index contributed by atoms with van der Waals surface area (Å²) in [6, 6.07) is 8.71. The number of pyridine rings is 1. The van der Waals surface area contributed by atoms with Gasteiger partial charge in [0.15, 0.2) is 5.58 Å². The van der Waals surface area contributed by atoms with Gasteiger partial charge in [0.25, 0.3) is 0 Å². The van der Waals surface area contributed by atoms with Gasteiger partial charge in [-0.1, -0.05) is 0 Å². The predicted molar refractivity (Wildman–Crippen MR) is 105 cm³/mol. The number of halogens is 1. The van der Waals surface area contributed by atoms with E-state index in [1.807, 2.05) is 19.1 Å². The largest absolute Gasteiger partial charge is 0.490 e. The zero-order chi connectivity index (χ0) is 20.4. The molecule has 29 heavy (non-hydrogen) atoms. The number of benzene rings is 1. The summed E-state index contributed by atoms with van der Waals surface area (Å²) in [5.74, 6) is 1.33. The second-order valence-electron chi connectivity index (χ2n) is 7.39. The maximum absolute atomic E-state index is 13.7. The molecule has 2 aromatic heterocycles. The molecule has 4 rings (SSSR count). The molecule has 1 aromatic carbocycles. The van der Waals surface area contributed by atoms with Gasteiger partial charge in [-0.25, -0.2) is 14.4 Å². The number of oxazole rings is 1. The Morgan fingerprint density at radius 3 is 2.76 bits per heavy atom. The van der Waals surface area contributed by atoms with Crippen LogP contribution in [0.4, 0.5) is 4.39 Å². The maximum atomic E-state index is 13.7. The Morgan fingerprint density at radius 2 is 2.07 bits per heavy atom. The highest BCUT2D eigenvalue weighted by Crippen LogP contribution is 2.40. The summed E-state index contributed by atoms with van der Waals surface area (Å²) in [4.78, 5) is 19.7. The van der Waals surface area contributed by atoms with Crippen molar-refractivity contribution in [1.82, 2.24) is 15.3 Å². The lowest BCUT2D eigenvalue weighted by Crippen LogP contribution is -2.35. The summed E-state index contributed by atoms with van der Waals surface area (Å²) < 4.78 is 30.6. The first-order valence-corrected chi connectivity index (χ1v) is 9.49. The first kappa shape index (κ1) is 19.2. The minimum absolute atomic E-state index is 0.0875. The van der Waals surface area contributed by atoms with Crippen molar-refractivity contribution in [2.24, 2.45) is 0 Å². The van der Waals surface area contributed by atoms with Crippen molar-refractivity contribution >= 4 is 17.0 Å². The second kappa shape index (κ2) is 7.69. The lowest BCUT2D eigenvalue weighted by Gasteiger charge is -2.12. The monoisotopic (exact) mass is 399 g/mol. The fourth-order valence-corrected chi connectivity index (χ4v) is 2.80. The number of carbonyl (C=O) groups excluding carboxylic acids is 1. The number of rotatable bonds is 8. The second-order valence-corrected chi connectivity index (χ2v) is 7.39. The van der Waals surface area contributed by atoms with Crippen LogP contribution in [0, 0.1) is 0 Å². The highest BCUT2D eigenvalue weighted by molar-refractivity contribution is 5.76. The van der Waals surface area contributed by atoms with E-state index in [2.05, 4.69) is 15.3 Å².